The zero-order valence-electron chi connectivity index (χ0n) is 13.0. The molecule has 7 heteroatoms. The Labute approximate surface area is 137 Å². The summed E-state index contributed by atoms with van der Waals surface area (Å²) in [6, 6.07) is 5.15. The SMILES string of the molecule is COc1ccc(NC(=O)CCCCCNC(C)=O)cc1N.Cl. The molecule has 0 aromatic heterocycles. The summed E-state index contributed by atoms with van der Waals surface area (Å²) >= 11 is 0. The van der Waals surface area contributed by atoms with Gasteiger partial charge < -0.3 is 21.1 Å². The minimum Gasteiger partial charge on any atom is -0.495 e. The van der Waals surface area contributed by atoms with Crippen LogP contribution in [0.15, 0.2) is 18.2 Å². The molecular formula is C15H24ClN3O3. The molecule has 124 valence electrons. The minimum atomic E-state index is -0.0425. The fraction of sp³-hybridized carbons (Fsp3) is 0.467. The van der Waals surface area contributed by atoms with Crippen LogP contribution in [0, 0.1) is 0 Å². The number of nitrogens with one attached hydrogen (secondary N) is 2. The van der Waals surface area contributed by atoms with Crippen molar-refractivity contribution in [1.29, 1.82) is 0 Å². The van der Waals surface area contributed by atoms with Gasteiger partial charge in [-0.2, -0.15) is 0 Å². The average molecular weight is 330 g/mol. The maximum Gasteiger partial charge on any atom is 0.224 e. The molecule has 0 bridgehead atoms. The van der Waals surface area contributed by atoms with Crippen molar-refractivity contribution in [3.05, 3.63) is 18.2 Å². The summed E-state index contributed by atoms with van der Waals surface area (Å²) in [7, 11) is 1.55. The van der Waals surface area contributed by atoms with Crippen LogP contribution in [0.3, 0.4) is 0 Å². The molecule has 0 aliphatic heterocycles. The highest BCUT2D eigenvalue weighted by molar-refractivity contribution is 5.91. The standard InChI is InChI=1S/C15H23N3O3.ClH/c1-11(19)17-9-5-3-4-6-15(20)18-12-7-8-14(21-2)13(16)10-12;/h7-8,10H,3-6,9,16H2,1-2H3,(H,17,19)(H,18,20);1H. The van der Waals surface area contributed by atoms with E-state index in [1.165, 1.54) is 6.92 Å². The molecule has 6 nitrogen and oxygen atoms in total. The molecule has 1 aromatic rings. The summed E-state index contributed by atoms with van der Waals surface area (Å²) in [5.41, 5.74) is 6.93. The topological polar surface area (TPSA) is 93.5 Å². The van der Waals surface area contributed by atoms with Crippen LogP contribution in [0.5, 0.6) is 5.75 Å². The molecule has 1 rings (SSSR count). The van der Waals surface area contributed by atoms with E-state index >= 15 is 0 Å². The lowest BCUT2D eigenvalue weighted by atomic mass is 10.2. The Kier molecular flexibility index (Phi) is 9.78. The molecule has 0 saturated heterocycles. The Morgan fingerprint density at radius 2 is 1.95 bits per heavy atom. The highest BCUT2D eigenvalue weighted by Gasteiger charge is 2.05. The Hall–Kier alpha value is -1.95. The van der Waals surface area contributed by atoms with Gasteiger partial charge in [0.25, 0.3) is 0 Å². The Bertz CT molecular complexity index is 495. The molecule has 0 saturated carbocycles. The van der Waals surface area contributed by atoms with Gasteiger partial charge in [0.2, 0.25) is 11.8 Å². The number of nitrogens with two attached hydrogens (primary N) is 1. The van der Waals surface area contributed by atoms with Crippen LogP contribution in [0.4, 0.5) is 11.4 Å². The van der Waals surface area contributed by atoms with E-state index in [1.54, 1.807) is 25.3 Å². The van der Waals surface area contributed by atoms with Gasteiger partial charge in [-0.25, -0.2) is 0 Å². The lowest BCUT2D eigenvalue weighted by Crippen LogP contribution is -2.20. The average Bonchev–Trinajstić information content (AvgIpc) is 2.42. The van der Waals surface area contributed by atoms with Crippen molar-refractivity contribution >= 4 is 35.6 Å². The van der Waals surface area contributed by atoms with Gasteiger partial charge in [-0.05, 0) is 31.0 Å². The number of rotatable bonds is 8. The smallest absolute Gasteiger partial charge is 0.224 e. The van der Waals surface area contributed by atoms with Gasteiger partial charge >= 0.3 is 0 Å². The molecular weight excluding hydrogens is 306 g/mol. The summed E-state index contributed by atoms with van der Waals surface area (Å²) < 4.78 is 5.06. The van der Waals surface area contributed by atoms with Crippen molar-refractivity contribution in [1.82, 2.24) is 5.32 Å². The predicted molar refractivity (Wildman–Crippen MR) is 90.4 cm³/mol. The number of hydrogen-bond donors (Lipinski definition) is 3. The van der Waals surface area contributed by atoms with Gasteiger partial charge in [0.1, 0.15) is 5.75 Å². The van der Waals surface area contributed by atoms with Gasteiger partial charge in [0.15, 0.2) is 0 Å². The third-order valence-electron chi connectivity index (χ3n) is 2.97. The van der Waals surface area contributed by atoms with Crippen LogP contribution in [0.25, 0.3) is 0 Å². The van der Waals surface area contributed by atoms with E-state index in [0.29, 0.717) is 30.1 Å². The molecule has 0 spiro atoms. The van der Waals surface area contributed by atoms with Crippen molar-refractivity contribution in [2.75, 3.05) is 24.7 Å². The maximum atomic E-state index is 11.8. The van der Waals surface area contributed by atoms with Gasteiger partial charge in [-0.3, -0.25) is 9.59 Å². The number of benzene rings is 1. The van der Waals surface area contributed by atoms with Gasteiger partial charge in [-0.15, -0.1) is 12.4 Å². The fourth-order valence-corrected chi connectivity index (χ4v) is 1.89. The van der Waals surface area contributed by atoms with Gasteiger partial charge in [0.05, 0.1) is 12.8 Å². The largest absolute Gasteiger partial charge is 0.495 e. The first kappa shape index (κ1) is 20.1. The summed E-state index contributed by atoms with van der Waals surface area (Å²) in [6.07, 6.45) is 3.02. The molecule has 0 fully saturated rings. The number of nitrogen functional groups attached to an aromatic ring is 1. The van der Waals surface area contributed by atoms with Crippen molar-refractivity contribution in [2.45, 2.75) is 32.6 Å². The van der Waals surface area contributed by atoms with Crippen LogP contribution < -0.4 is 21.1 Å². The van der Waals surface area contributed by atoms with Crippen molar-refractivity contribution in [3.8, 4) is 5.75 Å². The lowest BCUT2D eigenvalue weighted by Gasteiger charge is -2.09. The van der Waals surface area contributed by atoms with E-state index in [0.717, 1.165) is 19.3 Å². The van der Waals surface area contributed by atoms with E-state index in [9.17, 15) is 9.59 Å². The molecule has 0 heterocycles. The number of ether oxygens (including phenoxy) is 1. The molecule has 0 aliphatic rings. The molecule has 0 unspecified atom stereocenters. The number of methoxy groups -OCH3 is 1. The highest BCUT2D eigenvalue weighted by Crippen LogP contribution is 2.24. The van der Waals surface area contributed by atoms with Crippen LogP contribution in [0.2, 0.25) is 0 Å². The van der Waals surface area contributed by atoms with E-state index < -0.39 is 0 Å². The van der Waals surface area contributed by atoms with Crippen molar-refractivity contribution in [2.24, 2.45) is 0 Å². The molecule has 22 heavy (non-hydrogen) atoms. The molecule has 0 atom stereocenters. The number of amides is 2. The van der Waals surface area contributed by atoms with Crippen molar-refractivity contribution < 1.29 is 14.3 Å². The summed E-state index contributed by atoms with van der Waals surface area (Å²) in [5.74, 6) is 0.523. The third kappa shape index (κ3) is 7.73. The number of anilines is 2. The maximum absolute atomic E-state index is 11.8. The van der Waals surface area contributed by atoms with Gasteiger partial charge in [0, 0.05) is 25.6 Å². The van der Waals surface area contributed by atoms with Crippen LogP contribution in [-0.2, 0) is 9.59 Å². The molecule has 2 amide bonds. The normalized spacial score (nSPS) is 9.55. The second-order valence-corrected chi connectivity index (χ2v) is 4.80. The number of unbranched alkanes of at least 4 members (excludes halogenated alkanes) is 2. The Morgan fingerprint density at radius 3 is 2.55 bits per heavy atom. The Morgan fingerprint density at radius 1 is 1.23 bits per heavy atom. The lowest BCUT2D eigenvalue weighted by molar-refractivity contribution is -0.119. The van der Waals surface area contributed by atoms with E-state index in [-0.39, 0.29) is 24.2 Å². The Balaban J connectivity index is 0.00000441. The quantitative estimate of drug-likeness (QED) is 0.504. The molecule has 0 aliphatic carbocycles. The number of halogens is 1. The molecule has 1 aromatic carbocycles. The van der Waals surface area contributed by atoms with E-state index in [1.807, 2.05) is 0 Å². The zero-order chi connectivity index (χ0) is 15.7. The highest BCUT2D eigenvalue weighted by atomic mass is 35.5. The number of carbonyl (C=O) groups excluding carboxylic acids is 2. The first-order chi connectivity index (χ1) is 10.0. The van der Waals surface area contributed by atoms with Crippen molar-refractivity contribution in [3.63, 3.8) is 0 Å². The molecule has 0 radical (unpaired) electrons. The number of carbonyl (C=O) groups is 2. The monoisotopic (exact) mass is 329 g/mol. The van der Waals surface area contributed by atoms with Crippen LogP contribution in [-0.4, -0.2) is 25.5 Å². The summed E-state index contributed by atoms with van der Waals surface area (Å²) in [6.45, 7) is 2.15. The first-order valence-electron chi connectivity index (χ1n) is 7.00. The molecule has 4 N–H and O–H groups in total. The van der Waals surface area contributed by atoms with Gasteiger partial charge in [-0.1, -0.05) is 6.42 Å². The first-order valence-corrected chi connectivity index (χ1v) is 7.00. The van der Waals surface area contributed by atoms with E-state index in [4.69, 9.17) is 10.5 Å². The predicted octanol–water partition coefficient (Wildman–Crippen LogP) is 2.33. The third-order valence-corrected chi connectivity index (χ3v) is 2.97. The number of hydrogen-bond acceptors (Lipinski definition) is 4. The second-order valence-electron chi connectivity index (χ2n) is 4.80. The van der Waals surface area contributed by atoms with Crippen LogP contribution >= 0.6 is 12.4 Å². The zero-order valence-corrected chi connectivity index (χ0v) is 13.8. The summed E-state index contributed by atoms with van der Waals surface area (Å²) in [5, 5.41) is 5.52. The second kappa shape index (κ2) is 10.7. The van der Waals surface area contributed by atoms with Crippen LogP contribution in [0.1, 0.15) is 32.6 Å². The fourth-order valence-electron chi connectivity index (χ4n) is 1.89. The van der Waals surface area contributed by atoms with E-state index in [2.05, 4.69) is 10.6 Å². The minimum absolute atomic E-state index is 0. The summed E-state index contributed by atoms with van der Waals surface area (Å²) in [4.78, 5) is 22.4.